The molecule has 0 spiro atoms. The molecule has 0 amide bonds. The van der Waals surface area contributed by atoms with Crippen LogP contribution in [0, 0.1) is 5.82 Å². The van der Waals surface area contributed by atoms with Crippen LogP contribution in [0.25, 0.3) is 6.08 Å². The predicted molar refractivity (Wildman–Crippen MR) is 149 cm³/mol. The topological polar surface area (TPSA) is 69.9 Å². The standard InChI is InChI=1S/C30H24ClFN2O4S/c1-3-37-29(36)26-18(2)33-30-34(27(26)21-10-12-23(32)13-11-21)28(35)25(39-30)16-19-6-5-9-24(15-19)38-17-20-7-4-8-22(31)14-20/h4-16,27H,3,17H2,1-2H3/b25-16-/t27-/m0/s1. The first kappa shape index (κ1) is 26.6. The number of aromatic nitrogens is 1. The largest absolute Gasteiger partial charge is 0.489 e. The van der Waals surface area contributed by atoms with Crippen molar-refractivity contribution in [2.24, 2.45) is 4.99 Å². The summed E-state index contributed by atoms with van der Waals surface area (Å²) in [6.07, 6.45) is 1.77. The molecule has 9 heteroatoms. The van der Waals surface area contributed by atoms with Crippen LogP contribution in [0.15, 0.2) is 93.9 Å². The first-order valence-corrected chi connectivity index (χ1v) is 13.5. The molecule has 198 valence electrons. The molecule has 0 bridgehead atoms. The number of hydrogen-bond acceptors (Lipinski definition) is 6. The van der Waals surface area contributed by atoms with Crippen molar-refractivity contribution >= 4 is 35.0 Å². The van der Waals surface area contributed by atoms with Gasteiger partial charge in [-0.3, -0.25) is 9.36 Å². The summed E-state index contributed by atoms with van der Waals surface area (Å²) in [5.74, 6) is -0.338. The highest BCUT2D eigenvalue weighted by atomic mass is 35.5. The smallest absolute Gasteiger partial charge is 0.338 e. The summed E-state index contributed by atoms with van der Waals surface area (Å²) >= 11 is 7.28. The van der Waals surface area contributed by atoms with Crippen molar-refractivity contribution in [2.75, 3.05) is 6.61 Å². The van der Waals surface area contributed by atoms with Gasteiger partial charge in [0.05, 0.1) is 28.5 Å². The maximum absolute atomic E-state index is 13.7. The molecule has 4 aromatic rings. The van der Waals surface area contributed by atoms with Crippen molar-refractivity contribution in [2.45, 2.75) is 26.5 Å². The number of nitrogens with zero attached hydrogens (tertiary/aromatic N) is 2. The summed E-state index contributed by atoms with van der Waals surface area (Å²) in [6.45, 7) is 3.94. The highest BCUT2D eigenvalue weighted by Crippen LogP contribution is 2.30. The average Bonchev–Trinajstić information content (AvgIpc) is 3.21. The van der Waals surface area contributed by atoms with E-state index in [1.807, 2.05) is 42.5 Å². The highest BCUT2D eigenvalue weighted by Gasteiger charge is 2.33. The van der Waals surface area contributed by atoms with Crippen LogP contribution in [-0.4, -0.2) is 17.1 Å². The zero-order chi connectivity index (χ0) is 27.5. The van der Waals surface area contributed by atoms with Gasteiger partial charge < -0.3 is 9.47 Å². The van der Waals surface area contributed by atoms with Gasteiger partial charge in [0.25, 0.3) is 5.56 Å². The molecular weight excluding hydrogens is 539 g/mol. The second-order valence-corrected chi connectivity index (χ2v) is 10.3. The van der Waals surface area contributed by atoms with Crippen molar-refractivity contribution in [3.63, 3.8) is 0 Å². The zero-order valence-electron chi connectivity index (χ0n) is 21.2. The van der Waals surface area contributed by atoms with Gasteiger partial charge in [0, 0.05) is 5.02 Å². The van der Waals surface area contributed by atoms with E-state index < -0.39 is 17.8 Å². The van der Waals surface area contributed by atoms with Gasteiger partial charge in [-0.05, 0) is 73.0 Å². The minimum atomic E-state index is -0.796. The summed E-state index contributed by atoms with van der Waals surface area (Å²) in [5.41, 5.74) is 2.68. The van der Waals surface area contributed by atoms with E-state index in [-0.39, 0.29) is 17.7 Å². The molecule has 0 saturated carbocycles. The maximum atomic E-state index is 13.7. The van der Waals surface area contributed by atoms with E-state index in [0.717, 1.165) is 11.1 Å². The Morgan fingerprint density at radius 2 is 1.90 bits per heavy atom. The lowest BCUT2D eigenvalue weighted by Gasteiger charge is -2.24. The van der Waals surface area contributed by atoms with Gasteiger partial charge in [0.2, 0.25) is 0 Å². The number of halogens is 2. The van der Waals surface area contributed by atoms with Gasteiger partial charge in [0.1, 0.15) is 18.2 Å². The molecule has 2 heterocycles. The molecule has 0 unspecified atom stereocenters. The normalized spacial score (nSPS) is 15.1. The number of hydrogen-bond donors (Lipinski definition) is 0. The van der Waals surface area contributed by atoms with Crippen LogP contribution in [0.2, 0.25) is 5.02 Å². The van der Waals surface area contributed by atoms with Crippen LogP contribution < -0.4 is 19.6 Å². The molecule has 0 fully saturated rings. The highest BCUT2D eigenvalue weighted by molar-refractivity contribution is 7.07. The van der Waals surface area contributed by atoms with Crippen molar-refractivity contribution in [3.8, 4) is 5.75 Å². The van der Waals surface area contributed by atoms with Gasteiger partial charge in [-0.15, -0.1) is 0 Å². The number of allylic oxidation sites excluding steroid dienone is 1. The minimum absolute atomic E-state index is 0.173. The lowest BCUT2D eigenvalue weighted by atomic mass is 9.96. The van der Waals surface area contributed by atoms with Crippen LogP contribution in [0.1, 0.15) is 36.6 Å². The Balaban J connectivity index is 1.54. The molecule has 1 aliphatic heterocycles. The Morgan fingerprint density at radius 3 is 2.64 bits per heavy atom. The Labute approximate surface area is 232 Å². The van der Waals surface area contributed by atoms with Gasteiger partial charge >= 0.3 is 5.97 Å². The SMILES string of the molecule is CCOC(=O)C1=C(C)N=c2s/c(=C\c3cccc(OCc4cccc(Cl)c4)c3)c(=O)n2[C@H]1c1ccc(F)cc1. The number of rotatable bonds is 7. The Kier molecular flexibility index (Phi) is 7.77. The summed E-state index contributed by atoms with van der Waals surface area (Å²) < 4.78 is 26.9. The fraction of sp³-hybridized carbons (Fsp3) is 0.167. The van der Waals surface area contributed by atoms with Gasteiger partial charge in [-0.1, -0.05) is 59.3 Å². The minimum Gasteiger partial charge on any atom is -0.489 e. The molecule has 3 aromatic carbocycles. The second kappa shape index (κ2) is 11.4. The van der Waals surface area contributed by atoms with E-state index in [1.165, 1.54) is 28.0 Å². The number of carbonyl (C=O) groups excluding carboxylic acids is 1. The second-order valence-electron chi connectivity index (χ2n) is 8.84. The number of ether oxygens (including phenoxy) is 2. The van der Waals surface area contributed by atoms with Crippen LogP contribution in [0.5, 0.6) is 5.75 Å². The van der Waals surface area contributed by atoms with Crippen LogP contribution in [-0.2, 0) is 16.1 Å². The molecule has 0 aliphatic carbocycles. The van der Waals surface area contributed by atoms with Crippen LogP contribution in [0.4, 0.5) is 4.39 Å². The molecule has 1 atom stereocenters. The number of thiazole rings is 1. The summed E-state index contributed by atoms with van der Waals surface area (Å²) in [5, 5.41) is 0.639. The number of benzene rings is 3. The lowest BCUT2D eigenvalue weighted by molar-refractivity contribution is -0.139. The number of carbonyl (C=O) groups is 1. The Bertz CT molecular complexity index is 1760. The Hall–Kier alpha value is -4.01. The maximum Gasteiger partial charge on any atom is 0.338 e. The summed E-state index contributed by atoms with van der Waals surface area (Å²) in [6, 6.07) is 19.8. The third kappa shape index (κ3) is 5.72. The summed E-state index contributed by atoms with van der Waals surface area (Å²) in [4.78, 5) is 31.7. The monoisotopic (exact) mass is 562 g/mol. The molecule has 0 N–H and O–H groups in total. The van der Waals surface area contributed by atoms with Crippen molar-refractivity contribution in [1.82, 2.24) is 4.57 Å². The van der Waals surface area contributed by atoms with Crippen LogP contribution in [0.3, 0.4) is 0 Å². The van der Waals surface area contributed by atoms with Gasteiger partial charge in [-0.25, -0.2) is 14.2 Å². The third-order valence-corrected chi connectivity index (χ3v) is 7.37. The van der Waals surface area contributed by atoms with E-state index in [2.05, 4.69) is 4.99 Å². The third-order valence-electron chi connectivity index (χ3n) is 6.15. The van der Waals surface area contributed by atoms with E-state index >= 15 is 0 Å². The molecule has 0 radical (unpaired) electrons. The van der Waals surface area contributed by atoms with Gasteiger partial charge in [0.15, 0.2) is 4.80 Å². The quantitative estimate of drug-likeness (QED) is 0.291. The molecule has 0 saturated heterocycles. The van der Waals surface area contributed by atoms with Gasteiger partial charge in [-0.2, -0.15) is 0 Å². The molecule has 6 nitrogen and oxygen atoms in total. The van der Waals surface area contributed by atoms with Crippen LogP contribution >= 0.6 is 22.9 Å². The molecular formula is C30H24ClFN2O4S. The van der Waals surface area contributed by atoms with Crippen molar-refractivity contribution in [3.05, 3.63) is 131 Å². The molecule has 1 aliphatic rings. The fourth-order valence-corrected chi connectivity index (χ4v) is 5.65. The average molecular weight is 563 g/mol. The molecule has 5 rings (SSSR count). The zero-order valence-corrected chi connectivity index (χ0v) is 22.8. The first-order valence-electron chi connectivity index (χ1n) is 12.3. The van der Waals surface area contributed by atoms with E-state index in [9.17, 15) is 14.0 Å². The van der Waals surface area contributed by atoms with E-state index in [0.29, 0.717) is 38.0 Å². The van der Waals surface area contributed by atoms with Crippen molar-refractivity contribution < 1.29 is 18.7 Å². The van der Waals surface area contributed by atoms with E-state index in [1.54, 1.807) is 38.1 Å². The predicted octanol–water partition coefficient (Wildman–Crippen LogP) is 5.17. The fourth-order valence-electron chi connectivity index (χ4n) is 4.39. The van der Waals surface area contributed by atoms with Crippen molar-refractivity contribution in [1.29, 1.82) is 0 Å². The molecule has 1 aromatic heterocycles. The number of fused-ring (bicyclic) bond motifs is 1. The first-order chi connectivity index (χ1) is 18.8. The molecule has 39 heavy (non-hydrogen) atoms. The number of esters is 1. The summed E-state index contributed by atoms with van der Waals surface area (Å²) in [7, 11) is 0. The van der Waals surface area contributed by atoms with E-state index in [4.69, 9.17) is 21.1 Å². The lowest BCUT2D eigenvalue weighted by Crippen LogP contribution is -2.39. The Morgan fingerprint density at radius 1 is 1.13 bits per heavy atom.